The van der Waals surface area contributed by atoms with Crippen LogP contribution < -0.4 is 0 Å². The highest BCUT2D eigenvalue weighted by Crippen LogP contribution is 2.24. The van der Waals surface area contributed by atoms with Gasteiger partial charge in [-0.3, -0.25) is 4.79 Å². The molecular weight excluding hydrogens is 293 g/mol. The molecule has 1 aliphatic rings. The van der Waals surface area contributed by atoms with E-state index in [0.29, 0.717) is 10.0 Å². The Bertz CT molecular complexity index is 514. The number of aliphatic hydroxyl groups is 1. The van der Waals surface area contributed by atoms with Crippen LogP contribution >= 0.6 is 23.2 Å². The van der Waals surface area contributed by atoms with Crippen molar-refractivity contribution < 1.29 is 19.8 Å². The van der Waals surface area contributed by atoms with E-state index in [0.717, 1.165) is 4.90 Å². The summed E-state index contributed by atoms with van der Waals surface area (Å²) < 4.78 is 0. The lowest BCUT2D eigenvalue weighted by Crippen LogP contribution is -2.40. The van der Waals surface area contributed by atoms with Crippen LogP contribution in [0.5, 0.6) is 0 Å². The number of nitrogens with zero attached hydrogens (tertiary/aromatic N) is 1. The number of rotatable bonds is 2. The van der Waals surface area contributed by atoms with Gasteiger partial charge in [0.25, 0.3) is 5.91 Å². The summed E-state index contributed by atoms with van der Waals surface area (Å²) in [5.41, 5.74) is 0.206. The second-order valence-corrected chi connectivity index (χ2v) is 5.23. The van der Waals surface area contributed by atoms with Crippen molar-refractivity contribution in [1.29, 1.82) is 0 Å². The largest absolute Gasteiger partial charge is 0.480 e. The molecule has 2 N–H and O–H groups in total. The zero-order valence-corrected chi connectivity index (χ0v) is 11.2. The number of hydrogen-bond donors (Lipinski definition) is 2. The lowest BCUT2D eigenvalue weighted by molar-refractivity contribution is -0.141. The minimum atomic E-state index is -1.14. The van der Waals surface area contributed by atoms with Crippen molar-refractivity contribution in [3.05, 3.63) is 33.8 Å². The van der Waals surface area contributed by atoms with Crippen molar-refractivity contribution in [2.24, 2.45) is 0 Å². The first-order valence-electron chi connectivity index (χ1n) is 5.56. The first-order chi connectivity index (χ1) is 8.88. The summed E-state index contributed by atoms with van der Waals surface area (Å²) in [6, 6.07) is 3.28. The molecule has 2 atom stereocenters. The summed E-state index contributed by atoms with van der Waals surface area (Å²) in [7, 11) is 0. The number of carbonyl (C=O) groups is 2. The van der Waals surface area contributed by atoms with Crippen LogP contribution in [0.4, 0.5) is 0 Å². The molecule has 5 nitrogen and oxygen atoms in total. The summed E-state index contributed by atoms with van der Waals surface area (Å²) in [4.78, 5) is 24.4. The molecule has 1 aliphatic heterocycles. The highest BCUT2D eigenvalue weighted by Gasteiger charge is 2.39. The third-order valence-corrected chi connectivity index (χ3v) is 3.37. The van der Waals surface area contributed by atoms with Crippen molar-refractivity contribution in [1.82, 2.24) is 4.90 Å². The molecule has 0 aliphatic carbocycles. The summed E-state index contributed by atoms with van der Waals surface area (Å²) in [6.45, 7) is -0.0140. The zero-order valence-electron chi connectivity index (χ0n) is 9.72. The van der Waals surface area contributed by atoms with Gasteiger partial charge in [0.05, 0.1) is 6.10 Å². The number of carboxylic acid groups (broad SMARTS) is 1. The third-order valence-electron chi connectivity index (χ3n) is 2.93. The van der Waals surface area contributed by atoms with E-state index in [4.69, 9.17) is 28.3 Å². The van der Waals surface area contributed by atoms with E-state index in [-0.39, 0.29) is 18.5 Å². The van der Waals surface area contributed by atoms with Crippen LogP contribution in [0.3, 0.4) is 0 Å². The van der Waals surface area contributed by atoms with Crippen LogP contribution in [0.25, 0.3) is 0 Å². The van der Waals surface area contributed by atoms with Crippen molar-refractivity contribution in [2.45, 2.75) is 18.6 Å². The number of carboxylic acids is 1. The monoisotopic (exact) mass is 303 g/mol. The minimum absolute atomic E-state index is 0.0140. The molecule has 102 valence electrons. The Labute approximate surface area is 119 Å². The number of carbonyl (C=O) groups excluding carboxylic acids is 1. The van der Waals surface area contributed by atoms with E-state index in [2.05, 4.69) is 0 Å². The van der Waals surface area contributed by atoms with E-state index in [9.17, 15) is 14.7 Å². The molecule has 0 bridgehead atoms. The fourth-order valence-electron chi connectivity index (χ4n) is 2.12. The van der Waals surface area contributed by atoms with Gasteiger partial charge in [-0.2, -0.15) is 0 Å². The van der Waals surface area contributed by atoms with Gasteiger partial charge in [0.2, 0.25) is 0 Å². The topological polar surface area (TPSA) is 77.8 Å². The zero-order chi connectivity index (χ0) is 14.2. The molecule has 0 saturated carbocycles. The van der Waals surface area contributed by atoms with Gasteiger partial charge in [-0.05, 0) is 18.2 Å². The molecule has 1 amide bonds. The van der Waals surface area contributed by atoms with E-state index in [1.54, 1.807) is 0 Å². The fraction of sp³-hybridized carbons (Fsp3) is 0.333. The summed E-state index contributed by atoms with van der Waals surface area (Å²) >= 11 is 11.6. The van der Waals surface area contributed by atoms with Gasteiger partial charge < -0.3 is 15.1 Å². The van der Waals surface area contributed by atoms with Gasteiger partial charge in [-0.15, -0.1) is 0 Å². The first kappa shape index (κ1) is 14.1. The van der Waals surface area contributed by atoms with Gasteiger partial charge in [0.1, 0.15) is 6.04 Å². The van der Waals surface area contributed by atoms with Crippen LogP contribution in [0.1, 0.15) is 16.8 Å². The lowest BCUT2D eigenvalue weighted by atomic mass is 10.1. The smallest absolute Gasteiger partial charge is 0.326 e. The Morgan fingerprint density at radius 2 is 1.79 bits per heavy atom. The molecule has 0 aromatic heterocycles. The van der Waals surface area contributed by atoms with Gasteiger partial charge in [-0.1, -0.05) is 23.2 Å². The summed E-state index contributed by atoms with van der Waals surface area (Å²) in [5, 5.41) is 19.2. The van der Waals surface area contributed by atoms with Crippen molar-refractivity contribution in [2.75, 3.05) is 6.54 Å². The summed E-state index contributed by atoms with van der Waals surface area (Å²) in [6.07, 6.45) is -0.810. The van der Waals surface area contributed by atoms with E-state index < -0.39 is 24.0 Å². The highest BCUT2D eigenvalue weighted by molar-refractivity contribution is 6.35. The van der Waals surface area contributed by atoms with Crippen molar-refractivity contribution in [3.63, 3.8) is 0 Å². The van der Waals surface area contributed by atoms with E-state index in [1.165, 1.54) is 18.2 Å². The van der Waals surface area contributed by atoms with Gasteiger partial charge >= 0.3 is 5.97 Å². The molecule has 1 fully saturated rings. The predicted octanol–water partition coefficient (Wildman–Crippen LogP) is 1.65. The number of aliphatic hydroxyl groups excluding tert-OH is 1. The third kappa shape index (κ3) is 3.00. The quantitative estimate of drug-likeness (QED) is 0.871. The number of amides is 1. The molecule has 0 spiro atoms. The molecule has 2 rings (SSSR count). The molecule has 7 heteroatoms. The summed E-state index contributed by atoms with van der Waals surface area (Å²) in [5.74, 6) is -1.65. The molecule has 1 heterocycles. The normalized spacial score (nSPS) is 22.6. The van der Waals surface area contributed by atoms with Crippen LogP contribution in [0.2, 0.25) is 10.0 Å². The van der Waals surface area contributed by atoms with E-state index >= 15 is 0 Å². The molecule has 2 unspecified atom stereocenters. The molecule has 0 radical (unpaired) electrons. The molecule has 1 aromatic carbocycles. The Kier molecular flexibility index (Phi) is 3.99. The second-order valence-electron chi connectivity index (χ2n) is 4.36. The molecule has 19 heavy (non-hydrogen) atoms. The molecule has 1 aromatic rings. The van der Waals surface area contributed by atoms with Crippen LogP contribution in [0.15, 0.2) is 18.2 Å². The van der Waals surface area contributed by atoms with Crippen molar-refractivity contribution >= 4 is 35.1 Å². The number of aliphatic carboxylic acids is 1. The van der Waals surface area contributed by atoms with Crippen molar-refractivity contribution in [3.8, 4) is 0 Å². The Morgan fingerprint density at radius 3 is 2.32 bits per heavy atom. The van der Waals surface area contributed by atoms with Gasteiger partial charge in [-0.25, -0.2) is 4.79 Å². The minimum Gasteiger partial charge on any atom is -0.480 e. The average Bonchev–Trinajstić information content (AvgIpc) is 2.69. The molecular formula is C12H11Cl2NO4. The van der Waals surface area contributed by atoms with Crippen LogP contribution in [-0.4, -0.2) is 45.7 Å². The number of likely N-dealkylation sites (tertiary alicyclic amines) is 1. The fourth-order valence-corrected chi connectivity index (χ4v) is 2.64. The second kappa shape index (κ2) is 5.36. The maximum absolute atomic E-state index is 12.2. The maximum atomic E-state index is 12.2. The first-order valence-corrected chi connectivity index (χ1v) is 6.32. The standard InChI is InChI=1S/C12H11Cl2NO4/c13-7-1-6(2-8(14)3-7)11(17)15-5-9(16)4-10(15)12(18)19/h1-3,9-10,16H,4-5H2,(H,18,19). The average molecular weight is 304 g/mol. The van der Waals surface area contributed by atoms with Gasteiger partial charge in [0.15, 0.2) is 0 Å². The van der Waals surface area contributed by atoms with Crippen LogP contribution in [-0.2, 0) is 4.79 Å². The number of hydrogen-bond acceptors (Lipinski definition) is 3. The lowest BCUT2D eigenvalue weighted by Gasteiger charge is -2.21. The molecule has 1 saturated heterocycles. The van der Waals surface area contributed by atoms with E-state index in [1.807, 2.05) is 0 Å². The Hall–Kier alpha value is -1.30. The number of β-amino-alcohol motifs (C(OH)–C–C–N with tert-alkyl or cyclic N) is 1. The highest BCUT2D eigenvalue weighted by atomic mass is 35.5. The Morgan fingerprint density at radius 1 is 1.21 bits per heavy atom. The number of halogens is 2. The maximum Gasteiger partial charge on any atom is 0.326 e. The van der Waals surface area contributed by atoms with Crippen LogP contribution in [0, 0.1) is 0 Å². The number of benzene rings is 1. The predicted molar refractivity (Wildman–Crippen MR) is 69.5 cm³/mol. The SMILES string of the molecule is O=C(O)C1CC(O)CN1C(=O)c1cc(Cl)cc(Cl)c1. The van der Waals surface area contributed by atoms with Gasteiger partial charge in [0, 0.05) is 28.6 Å². The Balaban J connectivity index is 2.30.